The van der Waals surface area contributed by atoms with Crippen LogP contribution >= 0.6 is 0 Å². The number of hydrogen-bond acceptors (Lipinski definition) is 4. The molecule has 154 valence electrons. The molecule has 2 heterocycles. The fraction of sp³-hybridized carbons (Fsp3) is 0.0476. The molecule has 2 amide bonds. The quantitative estimate of drug-likeness (QED) is 0.170. The average Bonchev–Trinajstić information content (AvgIpc) is 2.75. The van der Waals surface area contributed by atoms with E-state index in [-0.39, 0.29) is 22.2 Å². The number of fused-ring (bicyclic) bond motifs is 3. The molecule has 9 heteroatoms. The first-order valence-corrected chi connectivity index (χ1v) is 8.62. The summed E-state index contributed by atoms with van der Waals surface area (Å²) in [7, 11) is 1.48. The summed E-state index contributed by atoms with van der Waals surface area (Å²) in [5.74, 6) is 0.648. The second-order valence-corrected chi connectivity index (χ2v) is 5.84. The molecule has 0 atom stereocenters. The smallest absolute Gasteiger partial charge is 0.590 e. The van der Waals surface area contributed by atoms with Crippen molar-refractivity contribution in [1.29, 1.82) is 0 Å². The topological polar surface area (TPSA) is 132 Å². The van der Waals surface area contributed by atoms with Gasteiger partial charge in [-0.1, -0.05) is 30.3 Å². The van der Waals surface area contributed by atoms with Gasteiger partial charge < -0.3 is 15.6 Å². The van der Waals surface area contributed by atoms with Gasteiger partial charge in [-0.25, -0.2) is 0 Å². The zero-order chi connectivity index (χ0) is 20.6. The molecule has 8 nitrogen and oxygen atoms in total. The van der Waals surface area contributed by atoms with E-state index < -0.39 is 6.03 Å². The molecule has 0 radical (unpaired) electrons. The molecule has 0 aliphatic heterocycles. The summed E-state index contributed by atoms with van der Waals surface area (Å²) in [5.41, 5.74) is 10.6. The van der Waals surface area contributed by atoms with E-state index in [1.165, 1.54) is 13.3 Å². The third-order valence-corrected chi connectivity index (χ3v) is 3.98. The van der Waals surface area contributed by atoms with Gasteiger partial charge in [-0.05, 0) is 24.3 Å². The van der Waals surface area contributed by atoms with Crippen molar-refractivity contribution < 1.29 is 31.1 Å². The number of benzene rings is 2. The number of nitrogens with zero attached hydrogens (tertiary/aromatic N) is 4. The summed E-state index contributed by atoms with van der Waals surface area (Å²) >= 11 is 0. The van der Waals surface area contributed by atoms with E-state index in [0.29, 0.717) is 11.3 Å². The second kappa shape index (κ2) is 10.7. The van der Waals surface area contributed by atoms with Crippen LogP contribution in [-0.2, 0) is 16.5 Å². The van der Waals surface area contributed by atoms with Crippen LogP contribution in [0.2, 0.25) is 0 Å². The summed E-state index contributed by atoms with van der Waals surface area (Å²) in [6.07, 6.45) is 4.92. The Morgan fingerprint density at radius 2 is 1.63 bits per heavy atom. The van der Waals surface area contributed by atoms with E-state index in [0.717, 1.165) is 21.8 Å². The summed E-state index contributed by atoms with van der Waals surface area (Å²) < 4.78 is 4.95. The monoisotopic (exact) mass is 448 g/mol. The Bertz CT molecular complexity index is 1130. The number of rotatable bonds is 3. The van der Waals surface area contributed by atoms with E-state index in [1.54, 1.807) is 30.6 Å². The molecule has 0 aliphatic carbocycles. The first-order chi connectivity index (χ1) is 14.1. The number of hydrogen-bond donors (Lipinski definition) is 1. The fourth-order valence-electron chi connectivity index (χ4n) is 2.66. The van der Waals surface area contributed by atoms with E-state index in [2.05, 4.69) is 44.8 Å². The standard InChI is InChI=1S/C12H8N2.C9H11N3O3.Ni/c1-3-9-5-6-10-4-2-8-14-12(10)11(9)13-7-1;1-15-7-4-2-3-6(8(7)13)5-11-12-9(10)14;/h1-8H;2-5H,1H3,(H4,10,11,12,13,14);/q;;+2/p+1. The van der Waals surface area contributed by atoms with Crippen LogP contribution in [0.3, 0.4) is 0 Å². The summed E-state index contributed by atoms with van der Waals surface area (Å²) in [6, 6.07) is 16.6. The van der Waals surface area contributed by atoms with Gasteiger partial charge in [0.25, 0.3) is 0 Å². The van der Waals surface area contributed by atoms with Crippen molar-refractivity contribution in [1.82, 2.24) is 9.97 Å². The van der Waals surface area contributed by atoms with Gasteiger partial charge in [-0.3, -0.25) is 25.3 Å². The van der Waals surface area contributed by atoms with Gasteiger partial charge in [0.2, 0.25) is 5.75 Å². The number of nitrogens with two attached hydrogens (primary N) is 1. The van der Waals surface area contributed by atoms with Crippen molar-refractivity contribution in [3.05, 3.63) is 78.0 Å². The van der Waals surface area contributed by atoms with Crippen LogP contribution < -0.4 is 10.5 Å². The molecule has 30 heavy (non-hydrogen) atoms. The minimum absolute atomic E-state index is 0. The summed E-state index contributed by atoms with van der Waals surface area (Å²) in [6.45, 7) is 0. The minimum atomic E-state index is -0.624. The predicted octanol–water partition coefficient (Wildman–Crippen LogP) is 3.04. The number of carbonyl (C=O) groups excluding carboxylic acids is 1. The Labute approximate surface area is 182 Å². The second-order valence-electron chi connectivity index (χ2n) is 5.84. The van der Waals surface area contributed by atoms with Gasteiger partial charge >= 0.3 is 28.3 Å². The van der Waals surface area contributed by atoms with Crippen LogP contribution in [0.4, 0.5) is 0 Å². The van der Waals surface area contributed by atoms with E-state index >= 15 is 0 Å². The van der Waals surface area contributed by atoms with Crippen LogP contribution in [0.5, 0.6) is 11.5 Å². The molecule has 0 bridgehead atoms. The third-order valence-electron chi connectivity index (χ3n) is 3.98. The van der Waals surface area contributed by atoms with Gasteiger partial charge in [-0.2, -0.15) is 0 Å². The van der Waals surface area contributed by atoms with Crippen molar-refractivity contribution in [3.63, 3.8) is 0 Å². The number of primary amides is 1. The average molecular weight is 449 g/mol. The van der Waals surface area contributed by atoms with Crippen LogP contribution in [0.25, 0.3) is 27.2 Å². The van der Waals surface area contributed by atoms with Crippen molar-refractivity contribution in [2.75, 3.05) is 7.11 Å². The van der Waals surface area contributed by atoms with Crippen molar-refractivity contribution in [2.45, 2.75) is 0 Å². The maximum Gasteiger partial charge on any atom is 2.00 e. The van der Waals surface area contributed by atoms with Crippen molar-refractivity contribution in [3.8, 4) is 11.5 Å². The van der Waals surface area contributed by atoms with E-state index in [4.69, 9.17) is 20.4 Å². The molecule has 2 aromatic heterocycles. The SMILES string of the molecule is COc1cccc(C=N[N-]C(N)=[OH+])c1[OH2+].[Ni+2].c1cnc2c(c1)ccc1cccnc12. The molecule has 0 fully saturated rings. The van der Waals surface area contributed by atoms with Crippen molar-refractivity contribution >= 4 is 34.1 Å². The number of methoxy groups -OCH3 is 1. The van der Waals surface area contributed by atoms with Gasteiger partial charge in [-0.15, -0.1) is 0 Å². The Balaban J connectivity index is 0.000000207. The predicted molar refractivity (Wildman–Crippen MR) is 115 cm³/mol. The maximum absolute atomic E-state index is 8.54. The minimum Gasteiger partial charge on any atom is -0.590 e. The first kappa shape index (κ1) is 22.6. The molecule has 0 saturated carbocycles. The Hall–Kier alpha value is -3.71. The number of aromatic nitrogens is 2. The number of pyridine rings is 2. The maximum atomic E-state index is 8.54. The Kier molecular flexibility index (Phi) is 8.08. The molecule has 4 rings (SSSR count). The normalized spacial score (nSPS) is 10.2. The number of ether oxygens (including phenoxy) is 1. The molecule has 0 saturated heterocycles. The van der Waals surface area contributed by atoms with Gasteiger partial charge in [0.05, 0.1) is 23.7 Å². The Morgan fingerprint density at radius 1 is 1.03 bits per heavy atom. The zero-order valence-corrected chi connectivity index (χ0v) is 17.0. The van der Waals surface area contributed by atoms with Crippen LogP contribution in [0.1, 0.15) is 5.56 Å². The summed E-state index contributed by atoms with van der Waals surface area (Å²) in [4.78, 5) is 17.2. The van der Waals surface area contributed by atoms with Gasteiger partial charge in [0.15, 0.2) is 0 Å². The third kappa shape index (κ3) is 5.42. The summed E-state index contributed by atoms with van der Waals surface area (Å²) in [5, 5.41) is 13.4. The van der Waals surface area contributed by atoms with Crippen LogP contribution in [0, 0.1) is 0 Å². The van der Waals surface area contributed by atoms with Crippen LogP contribution in [0.15, 0.2) is 72.1 Å². The molecule has 5 N–H and O–H groups in total. The van der Waals surface area contributed by atoms with Gasteiger partial charge in [0, 0.05) is 29.4 Å². The number of amides is 2. The van der Waals surface area contributed by atoms with Crippen LogP contribution in [-0.4, -0.2) is 39.2 Å². The van der Waals surface area contributed by atoms with E-state index in [1.807, 2.05) is 12.1 Å². The molecule has 2 aromatic carbocycles. The molecule has 0 spiro atoms. The number of urea groups is 1. The molecule has 0 unspecified atom stereocenters. The molecule has 0 aliphatic rings. The number of para-hydroxylation sites is 1. The molecular formula is C21H20N5NiO3+3. The molecular weight excluding hydrogens is 429 g/mol. The first-order valence-electron chi connectivity index (χ1n) is 8.62. The molecule has 4 aromatic rings. The zero-order valence-electron chi connectivity index (χ0n) is 16.0. The van der Waals surface area contributed by atoms with Crippen molar-refractivity contribution in [2.24, 2.45) is 10.8 Å². The van der Waals surface area contributed by atoms with E-state index in [9.17, 15) is 0 Å². The largest absolute Gasteiger partial charge is 2.00 e. The Morgan fingerprint density at radius 3 is 2.17 bits per heavy atom. The fourth-order valence-corrected chi connectivity index (χ4v) is 2.66. The van der Waals surface area contributed by atoms with Gasteiger partial charge in [0.1, 0.15) is 0 Å².